The van der Waals surface area contributed by atoms with E-state index in [1.807, 2.05) is 30.0 Å². The first-order valence-corrected chi connectivity index (χ1v) is 9.11. The van der Waals surface area contributed by atoms with E-state index in [2.05, 4.69) is 22.2 Å². The number of ether oxygens (including phenoxy) is 1. The normalized spacial score (nSPS) is 24.0. The quantitative estimate of drug-likeness (QED) is 0.911. The second-order valence-corrected chi connectivity index (χ2v) is 7.43. The third-order valence-electron chi connectivity index (χ3n) is 5.50. The van der Waals surface area contributed by atoms with Crippen molar-refractivity contribution in [1.82, 2.24) is 14.9 Å². The number of carbonyl (C=O) groups is 1. The zero-order valence-corrected chi connectivity index (χ0v) is 15.4. The molecule has 2 aliphatic rings. The maximum atomic E-state index is 12.7. The summed E-state index contributed by atoms with van der Waals surface area (Å²) in [6.07, 6.45) is 6.66. The maximum Gasteiger partial charge on any atom is 0.322 e. The fourth-order valence-electron chi connectivity index (χ4n) is 4.22. The predicted octanol–water partition coefficient (Wildman–Crippen LogP) is 3.87. The Morgan fingerprint density at radius 2 is 2.00 bits per heavy atom. The van der Waals surface area contributed by atoms with Crippen LogP contribution in [0.1, 0.15) is 31.7 Å². The first kappa shape index (κ1) is 16.8. The van der Waals surface area contributed by atoms with Gasteiger partial charge < -0.3 is 15.0 Å². The van der Waals surface area contributed by atoms with Gasteiger partial charge in [0, 0.05) is 23.3 Å². The molecular weight excluding hydrogens is 328 g/mol. The van der Waals surface area contributed by atoms with Crippen molar-refractivity contribution in [3.05, 3.63) is 36.2 Å². The Morgan fingerprint density at radius 3 is 2.73 bits per heavy atom. The molecule has 2 saturated heterocycles. The van der Waals surface area contributed by atoms with Gasteiger partial charge in [-0.2, -0.15) is 0 Å². The zero-order chi connectivity index (χ0) is 18.3. The number of hydrogen-bond donors (Lipinski definition) is 1. The first-order chi connectivity index (χ1) is 12.5. The lowest BCUT2D eigenvalue weighted by molar-refractivity contribution is -0.00600. The van der Waals surface area contributed by atoms with Crippen molar-refractivity contribution in [2.75, 3.05) is 12.4 Å². The number of aromatic nitrogens is 2. The SMILES string of the molecule is COc1cncc(-c2cc(NC(=O)N3C4CC(C)C[C@H]3C4)ccc2C)n1. The van der Waals surface area contributed by atoms with E-state index in [9.17, 15) is 4.79 Å². The molecule has 2 aliphatic heterocycles. The van der Waals surface area contributed by atoms with E-state index in [0.717, 1.165) is 47.7 Å². The number of benzene rings is 1. The largest absolute Gasteiger partial charge is 0.480 e. The number of piperidine rings is 1. The smallest absolute Gasteiger partial charge is 0.322 e. The molecule has 1 aromatic heterocycles. The van der Waals surface area contributed by atoms with Crippen molar-refractivity contribution in [2.24, 2.45) is 5.92 Å². The van der Waals surface area contributed by atoms with Crippen LogP contribution >= 0.6 is 0 Å². The monoisotopic (exact) mass is 352 g/mol. The maximum absolute atomic E-state index is 12.7. The molecule has 2 fully saturated rings. The Balaban J connectivity index is 1.54. The van der Waals surface area contributed by atoms with Gasteiger partial charge in [0.2, 0.25) is 5.88 Å². The summed E-state index contributed by atoms with van der Waals surface area (Å²) in [5.41, 5.74) is 3.51. The number of nitrogens with one attached hydrogen (secondary N) is 1. The highest BCUT2D eigenvalue weighted by molar-refractivity contribution is 5.91. The van der Waals surface area contributed by atoms with E-state index in [-0.39, 0.29) is 6.03 Å². The second-order valence-electron chi connectivity index (χ2n) is 7.43. The minimum atomic E-state index is 0.00433. The zero-order valence-electron chi connectivity index (χ0n) is 15.4. The van der Waals surface area contributed by atoms with Gasteiger partial charge in [0.05, 0.1) is 25.2 Å². The molecule has 2 aromatic rings. The van der Waals surface area contributed by atoms with E-state index in [0.29, 0.717) is 18.0 Å². The van der Waals surface area contributed by atoms with Gasteiger partial charge in [-0.1, -0.05) is 13.0 Å². The van der Waals surface area contributed by atoms with E-state index >= 15 is 0 Å². The molecule has 2 unspecified atom stereocenters. The van der Waals surface area contributed by atoms with E-state index < -0.39 is 0 Å². The average Bonchev–Trinajstić information content (AvgIpc) is 2.63. The number of amides is 2. The van der Waals surface area contributed by atoms with Crippen LogP contribution in [0.25, 0.3) is 11.3 Å². The van der Waals surface area contributed by atoms with Crippen molar-refractivity contribution in [2.45, 2.75) is 45.2 Å². The molecule has 0 saturated carbocycles. The first-order valence-electron chi connectivity index (χ1n) is 9.11. The molecule has 0 aliphatic carbocycles. The van der Waals surface area contributed by atoms with Crippen molar-refractivity contribution in [3.8, 4) is 17.1 Å². The summed E-state index contributed by atoms with van der Waals surface area (Å²) in [6, 6.07) is 6.68. The summed E-state index contributed by atoms with van der Waals surface area (Å²) >= 11 is 0. The Hall–Kier alpha value is -2.63. The van der Waals surface area contributed by atoms with Crippen molar-refractivity contribution in [1.29, 1.82) is 0 Å². The van der Waals surface area contributed by atoms with Crippen molar-refractivity contribution in [3.63, 3.8) is 0 Å². The number of hydrogen-bond acceptors (Lipinski definition) is 4. The minimum absolute atomic E-state index is 0.00433. The van der Waals surface area contributed by atoms with Gasteiger partial charge in [0.1, 0.15) is 0 Å². The van der Waals surface area contributed by atoms with Crippen LogP contribution in [0.2, 0.25) is 0 Å². The molecule has 0 spiro atoms. The third kappa shape index (κ3) is 3.00. The number of methoxy groups -OCH3 is 1. The summed E-state index contributed by atoms with van der Waals surface area (Å²) in [5, 5.41) is 3.06. The highest BCUT2D eigenvalue weighted by Gasteiger charge is 2.46. The molecule has 2 amide bonds. The Morgan fingerprint density at radius 1 is 1.23 bits per heavy atom. The Kier molecular flexibility index (Phi) is 4.26. The lowest BCUT2D eigenvalue weighted by Gasteiger charge is -2.54. The number of aryl methyl sites for hydroxylation is 1. The molecule has 6 nitrogen and oxygen atoms in total. The number of urea groups is 1. The fraction of sp³-hybridized carbons (Fsp3) is 0.450. The van der Waals surface area contributed by atoms with E-state index in [1.54, 1.807) is 19.5 Å². The molecule has 26 heavy (non-hydrogen) atoms. The molecule has 1 aromatic carbocycles. The average molecular weight is 352 g/mol. The topological polar surface area (TPSA) is 67.3 Å². The van der Waals surface area contributed by atoms with Crippen LogP contribution in [0.5, 0.6) is 5.88 Å². The van der Waals surface area contributed by atoms with Gasteiger partial charge in [0.15, 0.2) is 0 Å². The van der Waals surface area contributed by atoms with Gasteiger partial charge >= 0.3 is 6.03 Å². The molecule has 3 heterocycles. The standard InChI is InChI=1S/C20H24N4O2/c1-12-6-15-9-16(7-12)24(15)20(25)22-14-5-4-13(2)17(8-14)18-10-21-11-19(23-18)26-3/h4-5,8,10-12,15-16H,6-7,9H2,1-3H3,(H,22,25)/t12?,15-,16?/m0/s1. The van der Waals surface area contributed by atoms with Gasteiger partial charge in [-0.25, -0.2) is 9.78 Å². The Labute approximate surface area is 153 Å². The van der Waals surface area contributed by atoms with Crippen LogP contribution in [0.4, 0.5) is 10.5 Å². The number of fused-ring (bicyclic) bond motifs is 2. The highest BCUT2D eigenvalue weighted by atomic mass is 16.5. The van der Waals surface area contributed by atoms with Crippen LogP contribution in [-0.4, -0.2) is 40.1 Å². The summed E-state index contributed by atoms with van der Waals surface area (Å²) in [7, 11) is 1.57. The van der Waals surface area contributed by atoms with Crippen molar-refractivity contribution >= 4 is 11.7 Å². The number of nitrogens with zero attached hydrogens (tertiary/aromatic N) is 3. The molecule has 0 radical (unpaired) electrons. The molecule has 6 heteroatoms. The van der Waals surface area contributed by atoms with Crippen LogP contribution in [-0.2, 0) is 0 Å². The van der Waals surface area contributed by atoms with Crippen molar-refractivity contribution < 1.29 is 9.53 Å². The van der Waals surface area contributed by atoms with E-state index in [1.165, 1.54) is 0 Å². The summed E-state index contributed by atoms with van der Waals surface area (Å²) in [5.74, 6) is 1.19. The van der Waals surface area contributed by atoms with Crippen LogP contribution in [0.15, 0.2) is 30.6 Å². The number of carbonyl (C=O) groups excluding carboxylic acids is 1. The highest BCUT2D eigenvalue weighted by Crippen LogP contribution is 2.41. The molecule has 136 valence electrons. The molecule has 3 atom stereocenters. The fourth-order valence-corrected chi connectivity index (χ4v) is 4.22. The van der Waals surface area contributed by atoms with E-state index in [4.69, 9.17) is 4.74 Å². The van der Waals surface area contributed by atoms with Gasteiger partial charge in [-0.05, 0) is 49.8 Å². The predicted molar refractivity (Wildman–Crippen MR) is 100 cm³/mol. The lowest BCUT2D eigenvalue weighted by Crippen LogP contribution is -2.63. The van der Waals surface area contributed by atoms with Gasteiger partial charge in [-0.3, -0.25) is 4.98 Å². The summed E-state index contributed by atoms with van der Waals surface area (Å²) in [4.78, 5) is 23.4. The van der Waals surface area contributed by atoms with Crippen LogP contribution in [0.3, 0.4) is 0 Å². The Bertz CT molecular complexity index is 826. The summed E-state index contributed by atoms with van der Waals surface area (Å²) < 4.78 is 5.17. The van der Waals surface area contributed by atoms with Crippen LogP contribution < -0.4 is 10.1 Å². The summed E-state index contributed by atoms with van der Waals surface area (Å²) in [6.45, 7) is 4.29. The molecule has 1 N–H and O–H groups in total. The van der Waals surface area contributed by atoms with Crippen LogP contribution in [0, 0.1) is 12.8 Å². The minimum Gasteiger partial charge on any atom is -0.480 e. The molecule has 2 bridgehead atoms. The molecular formula is C20H24N4O2. The second kappa shape index (κ2) is 6.59. The number of anilines is 1. The van der Waals surface area contributed by atoms with Gasteiger partial charge in [0.25, 0.3) is 0 Å². The third-order valence-corrected chi connectivity index (χ3v) is 5.50. The molecule has 4 rings (SSSR count). The number of rotatable bonds is 3. The lowest BCUT2D eigenvalue weighted by atomic mass is 9.74. The van der Waals surface area contributed by atoms with Gasteiger partial charge in [-0.15, -0.1) is 0 Å².